The lowest BCUT2D eigenvalue weighted by Gasteiger charge is -2.15. The highest BCUT2D eigenvalue weighted by Crippen LogP contribution is 2.22. The first-order chi connectivity index (χ1) is 8.52. The second-order valence-electron chi connectivity index (χ2n) is 4.48. The molecule has 1 aliphatic rings. The second-order valence-corrected chi connectivity index (χ2v) is 4.48. The molecule has 1 atom stereocenters. The monoisotopic (exact) mass is 249 g/mol. The van der Waals surface area contributed by atoms with Crippen molar-refractivity contribution in [3.63, 3.8) is 0 Å². The van der Waals surface area contributed by atoms with Crippen molar-refractivity contribution in [1.29, 1.82) is 0 Å². The molecule has 1 fully saturated rings. The number of hydrogen-bond donors (Lipinski definition) is 1. The van der Waals surface area contributed by atoms with Gasteiger partial charge in [-0.1, -0.05) is 0 Å². The van der Waals surface area contributed by atoms with Gasteiger partial charge in [-0.05, 0) is 13.8 Å². The van der Waals surface area contributed by atoms with Gasteiger partial charge in [0.15, 0.2) is 5.78 Å². The molecule has 0 radical (unpaired) electrons. The van der Waals surface area contributed by atoms with Crippen LogP contribution >= 0.6 is 0 Å². The van der Waals surface area contributed by atoms with Crippen molar-refractivity contribution in [2.75, 3.05) is 18.1 Å². The maximum atomic E-state index is 11.7. The largest absolute Gasteiger partial charge is 0.396 e. The highest BCUT2D eigenvalue weighted by atomic mass is 16.3. The van der Waals surface area contributed by atoms with Crippen LogP contribution in [0.3, 0.4) is 0 Å². The van der Waals surface area contributed by atoms with E-state index in [-0.39, 0.29) is 24.2 Å². The fourth-order valence-electron chi connectivity index (χ4n) is 2.03. The number of aromatic nitrogens is 2. The van der Waals surface area contributed by atoms with Crippen LogP contribution in [0.4, 0.5) is 5.95 Å². The van der Waals surface area contributed by atoms with E-state index >= 15 is 0 Å². The number of rotatable bonds is 3. The van der Waals surface area contributed by atoms with Crippen molar-refractivity contribution in [3.05, 3.63) is 17.5 Å². The number of aryl methyl sites for hydroxylation is 1. The van der Waals surface area contributed by atoms with Crippen LogP contribution in [0, 0.1) is 12.8 Å². The predicted octanol–water partition coefficient (Wildman–Crippen LogP) is 0.333. The number of Topliss-reactive ketones (excluding diaryl/α,β-unsaturated/α-hetero) is 1. The molecule has 1 N–H and O–H groups in total. The Morgan fingerprint density at radius 1 is 1.61 bits per heavy atom. The Labute approximate surface area is 105 Å². The van der Waals surface area contributed by atoms with Gasteiger partial charge in [-0.3, -0.25) is 14.5 Å². The molecular weight excluding hydrogens is 234 g/mol. The molecule has 1 saturated heterocycles. The van der Waals surface area contributed by atoms with Crippen molar-refractivity contribution in [1.82, 2.24) is 9.97 Å². The van der Waals surface area contributed by atoms with Crippen LogP contribution in [0.2, 0.25) is 0 Å². The highest BCUT2D eigenvalue weighted by molar-refractivity contribution is 5.96. The first-order valence-electron chi connectivity index (χ1n) is 5.78. The van der Waals surface area contributed by atoms with Gasteiger partial charge < -0.3 is 5.11 Å². The van der Waals surface area contributed by atoms with E-state index in [1.165, 1.54) is 18.0 Å². The standard InChI is InChI=1S/C12H15N3O3/c1-7-10(8(2)17)4-13-12(14-7)15-5-9(6-16)3-11(15)18/h4,9,16H,3,5-6H2,1-2H3. The van der Waals surface area contributed by atoms with Crippen molar-refractivity contribution in [2.24, 2.45) is 5.92 Å². The maximum absolute atomic E-state index is 11.7. The predicted molar refractivity (Wildman–Crippen MR) is 64.3 cm³/mol. The van der Waals surface area contributed by atoms with Crippen LogP contribution in [-0.2, 0) is 4.79 Å². The number of ketones is 1. The zero-order valence-corrected chi connectivity index (χ0v) is 10.4. The van der Waals surface area contributed by atoms with Gasteiger partial charge in [0.2, 0.25) is 11.9 Å². The molecule has 2 heterocycles. The highest BCUT2D eigenvalue weighted by Gasteiger charge is 2.31. The Morgan fingerprint density at radius 3 is 2.83 bits per heavy atom. The van der Waals surface area contributed by atoms with Crippen molar-refractivity contribution in [3.8, 4) is 0 Å². The van der Waals surface area contributed by atoms with E-state index < -0.39 is 0 Å². The summed E-state index contributed by atoms with van der Waals surface area (Å²) >= 11 is 0. The molecular formula is C12H15N3O3. The SMILES string of the molecule is CC(=O)c1cnc(N2CC(CO)CC2=O)nc1C. The molecule has 6 heteroatoms. The average molecular weight is 249 g/mol. The average Bonchev–Trinajstić information content (AvgIpc) is 2.70. The third-order valence-electron chi connectivity index (χ3n) is 3.05. The molecule has 1 aromatic heterocycles. The Bertz CT molecular complexity index is 501. The summed E-state index contributed by atoms with van der Waals surface area (Å²) in [7, 11) is 0. The minimum atomic E-state index is -0.0972. The molecule has 1 amide bonds. The summed E-state index contributed by atoms with van der Waals surface area (Å²) in [4.78, 5) is 32.7. The number of amides is 1. The van der Waals surface area contributed by atoms with E-state index in [0.29, 0.717) is 30.2 Å². The molecule has 0 aliphatic carbocycles. The minimum absolute atomic E-state index is 0.0211. The first kappa shape index (κ1) is 12.6. The zero-order chi connectivity index (χ0) is 13.3. The van der Waals surface area contributed by atoms with Crippen LogP contribution in [0.5, 0.6) is 0 Å². The lowest BCUT2D eigenvalue weighted by Crippen LogP contribution is -2.27. The van der Waals surface area contributed by atoms with E-state index in [0.717, 1.165) is 0 Å². The van der Waals surface area contributed by atoms with Crippen LogP contribution in [-0.4, -0.2) is 39.9 Å². The Balaban J connectivity index is 2.27. The summed E-state index contributed by atoms with van der Waals surface area (Å²) in [6, 6.07) is 0. The van der Waals surface area contributed by atoms with E-state index in [1.807, 2.05) is 0 Å². The van der Waals surface area contributed by atoms with Gasteiger partial charge in [0.25, 0.3) is 0 Å². The van der Waals surface area contributed by atoms with Gasteiger partial charge >= 0.3 is 0 Å². The molecule has 0 aromatic carbocycles. The molecule has 6 nitrogen and oxygen atoms in total. The number of aliphatic hydroxyl groups excluding tert-OH is 1. The fraction of sp³-hybridized carbons (Fsp3) is 0.500. The normalized spacial score (nSPS) is 19.4. The van der Waals surface area contributed by atoms with E-state index in [1.54, 1.807) is 6.92 Å². The minimum Gasteiger partial charge on any atom is -0.396 e. The zero-order valence-electron chi connectivity index (χ0n) is 10.4. The lowest BCUT2D eigenvalue weighted by atomic mass is 10.1. The molecule has 0 spiro atoms. The number of nitrogens with zero attached hydrogens (tertiary/aromatic N) is 3. The number of anilines is 1. The quantitative estimate of drug-likeness (QED) is 0.781. The number of hydrogen-bond acceptors (Lipinski definition) is 5. The lowest BCUT2D eigenvalue weighted by molar-refractivity contribution is -0.117. The topological polar surface area (TPSA) is 83.4 Å². The van der Waals surface area contributed by atoms with Crippen molar-refractivity contribution < 1.29 is 14.7 Å². The van der Waals surface area contributed by atoms with Crippen LogP contribution in [0.25, 0.3) is 0 Å². The van der Waals surface area contributed by atoms with Crippen LogP contribution in [0.15, 0.2) is 6.20 Å². The molecule has 1 unspecified atom stereocenters. The van der Waals surface area contributed by atoms with Gasteiger partial charge in [0, 0.05) is 31.7 Å². The summed E-state index contributed by atoms with van der Waals surface area (Å²) in [5.41, 5.74) is 1.02. The van der Waals surface area contributed by atoms with Gasteiger partial charge in [0.05, 0.1) is 11.3 Å². The van der Waals surface area contributed by atoms with E-state index in [4.69, 9.17) is 5.11 Å². The Hall–Kier alpha value is -1.82. The summed E-state index contributed by atoms with van der Waals surface area (Å²) < 4.78 is 0. The van der Waals surface area contributed by atoms with E-state index in [9.17, 15) is 9.59 Å². The first-order valence-corrected chi connectivity index (χ1v) is 5.78. The van der Waals surface area contributed by atoms with Gasteiger partial charge in [0.1, 0.15) is 0 Å². The third-order valence-corrected chi connectivity index (χ3v) is 3.05. The Kier molecular flexibility index (Phi) is 3.38. The number of aliphatic hydroxyl groups is 1. The van der Waals surface area contributed by atoms with Crippen molar-refractivity contribution >= 4 is 17.6 Å². The second kappa shape index (κ2) is 4.81. The molecule has 0 saturated carbocycles. The van der Waals surface area contributed by atoms with Gasteiger partial charge in [-0.25, -0.2) is 9.97 Å². The van der Waals surface area contributed by atoms with Gasteiger partial charge in [-0.15, -0.1) is 0 Å². The molecule has 96 valence electrons. The third kappa shape index (κ3) is 2.24. The maximum Gasteiger partial charge on any atom is 0.232 e. The fourth-order valence-corrected chi connectivity index (χ4v) is 2.03. The molecule has 18 heavy (non-hydrogen) atoms. The number of carbonyl (C=O) groups is 2. The van der Waals surface area contributed by atoms with Gasteiger partial charge in [-0.2, -0.15) is 0 Å². The van der Waals surface area contributed by atoms with E-state index in [2.05, 4.69) is 9.97 Å². The molecule has 2 rings (SSSR count). The molecule has 1 aliphatic heterocycles. The molecule has 1 aromatic rings. The van der Waals surface area contributed by atoms with Crippen molar-refractivity contribution in [2.45, 2.75) is 20.3 Å². The summed E-state index contributed by atoms with van der Waals surface area (Å²) in [5, 5.41) is 9.06. The summed E-state index contributed by atoms with van der Waals surface area (Å²) in [6.45, 7) is 3.57. The van der Waals surface area contributed by atoms with Crippen LogP contribution < -0.4 is 4.90 Å². The number of carbonyl (C=O) groups excluding carboxylic acids is 2. The summed E-state index contributed by atoms with van der Waals surface area (Å²) in [5.74, 6) is 0.0522. The summed E-state index contributed by atoms with van der Waals surface area (Å²) in [6.07, 6.45) is 1.76. The van der Waals surface area contributed by atoms with Crippen LogP contribution in [0.1, 0.15) is 29.4 Å². The Morgan fingerprint density at radius 2 is 2.33 bits per heavy atom. The molecule has 0 bridgehead atoms. The smallest absolute Gasteiger partial charge is 0.232 e.